The highest BCUT2D eigenvalue weighted by Crippen LogP contribution is 2.23. The van der Waals surface area contributed by atoms with E-state index in [9.17, 15) is 0 Å². The molecule has 2 heterocycles. The lowest BCUT2D eigenvalue weighted by molar-refractivity contribution is 0.221. The molecule has 0 N–H and O–H groups in total. The summed E-state index contributed by atoms with van der Waals surface area (Å²) in [6.45, 7) is 3.47. The van der Waals surface area contributed by atoms with E-state index in [2.05, 4.69) is 28.1 Å². The molecule has 1 fully saturated rings. The van der Waals surface area contributed by atoms with Gasteiger partial charge in [0.15, 0.2) is 0 Å². The van der Waals surface area contributed by atoms with E-state index in [0.29, 0.717) is 0 Å². The zero-order valence-corrected chi connectivity index (χ0v) is 11.2. The van der Waals surface area contributed by atoms with Crippen LogP contribution in [0.25, 0.3) is 10.9 Å². The van der Waals surface area contributed by atoms with E-state index in [1.165, 1.54) is 37.9 Å². The third kappa shape index (κ3) is 2.50. The Hall–Kier alpha value is -1.12. The van der Waals surface area contributed by atoms with Crippen LogP contribution in [-0.4, -0.2) is 23.0 Å². The van der Waals surface area contributed by atoms with Gasteiger partial charge in [-0.2, -0.15) is 0 Å². The highest BCUT2D eigenvalue weighted by Gasteiger charge is 2.11. The number of likely N-dealkylation sites (tertiary alicyclic amines) is 1. The van der Waals surface area contributed by atoms with E-state index in [-0.39, 0.29) is 0 Å². The van der Waals surface area contributed by atoms with Crippen LogP contribution in [0.3, 0.4) is 0 Å². The number of hydrogen-bond acceptors (Lipinski definition) is 2. The zero-order chi connectivity index (χ0) is 12.4. The minimum absolute atomic E-state index is 0.792. The van der Waals surface area contributed by atoms with E-state index < -0.39 is 0 Å². The van der Waals surface area contributed by atoms with Crippen LogP contribution in [0.15, 0.2) is 30.5 Å². The molecule has 18 heavy (non-hydrogen) atoms. The second kappa shape index (κ2) is 5.25. The lowest BCUT2D eigenvalue weighted by atomic mass is 10.1. The number of rotatable bonds is 2. The number of nitrogens with zero attached hydrogens (tertiary/aromatic N) is 2. The molecule has 3 heteroatoms. The van der Waals surface area contributed by atoms with Crippen molar-refractivity contribution in [2.75, 3.05) is 13.1 Å². The monoisotopic (exact) mass is 260 g/mol. The Balaban J connectivity index is 1.86. The number of aromatic nitrogens is 1. The van der Waals surface area contributed by atoms with Crippen molar-refractivity contribution in [2.24, 2.45) is 0 Å². The van der Waals surface area contributed by atoms with Crippen molar-refractivity contribution in [3.8, 4) is 0 Å². The number of pyridine rings is 1. The van der Waals surface area contributed by atoms with Gasteiger partial charge in [0.25, 0.3) is 0 Å². The molecule has 0 spiro atoms. The second-order valence-corrected chi connectivity index (χ2v) is 5.39. The first-order valence-electron chi connectivity index (χ1n) is 6.58. The third-order valence-corrected chi connectivity index (χ3v) is 3.94. The summed E-state index contributed by atoms with van der Waals surface area (Å²) in [7, 11) is 0. The molecule has 0 saturated carbocycles. The minimum atomic E-state index is 0.792. The maximum atomic E-state index is 6.22. The second-order valence-electron chi connectivity index (χ2n) is 4.98. The normalized spacial score (nSPS) is 17.2. The zero-order valence-electron chi connectivity index (χ0n) is 10.4. The summed E-state index contributed by atoms with van der Waals surface area (Å²) in [6, 6.07) is 8.27. The fourth-order valence-corrected chi connectivity index (χ4v) is 2.84. The molecule has 0 bridgehead atoms. The SMILES string of the molecule is Clc1ccnc2ccc(CN3CCCCC3)cc12. The van der Waals surface area contributed by atoms with Crippen LogP contribution in [0.5, 0.6) is 0 Å². The van der Waals surface area contributed by atoms with Crippen molar-refractivity contribution in [3.05, 3.63) is 41.0 Å². The van der Waals surface area contributed by atoms with Gasteiger partial charge in [-0.15, -0.1) is 0 Å². The molecule has 1 aliphatic heterocycles. The van der Waals surface area contributed by atoms with Crippen LogP contribution in [0.4, 0.5) is 0 Å². The average Bonchev–Trinajstić information content (AvgIpc) is 2.41. The Morgan fingerprint density at radius 3 is 2.78 bits per heavy atom. The minimum Gasteiger partial charge on any atom is -0.299 e. The van der Waals surface area contributed by atoms with Crippen molar-refractivity contribution in [3.63, 3.8) is 0 Å². The molecule has 94 valence electrons. The van der Waals surface area contributed by atoms with Gasteiger partial charge in [0.1, 0.15) is 0 Å². The van der Waals surface area contributed by atoms with Gasteiger partial charge in [-0.25, -0.2) is 0 Å². The summed E-state index contributed by atoms with van der Waals surface area (Å²) < 4.78 is 0. The van der Waals surface area contributed by atoms with Crippen molar-refractivity contribution in [1.82, 2.24) is 9.88 Å². The Kier molecular flexibility index (Phi) is 3.48. The van der Waals surface area contributed by atoms with E-state index in [4.69, 9.17) is 11.6 Å². The summed E-state index contributed by atoms with van der Waals surface area (Å²) in [5.41, 5.74) is 2.31. The lowest BCUT2D eigenvalue weighted by Crippen LogP contribution is -2.29. The van der Waals surface area contributed by atoms with E-state index in [0.717, 1.165) is 22.5 Å². The quantitative estimate of drug-likeness (QED) is 0.815. The molecule has 1 aromatic heterocycles. The number of fused-ring (bicyclic) bond motifs is 1. The smallest absolute Gasteiger partial charge is 0.0717 e. The van der Waals surface area contributed by atoms with Gasteiger partial charge in [0.05, 0.1) is 10.5 Å². The third-order valence-electron chi connectivity index (χ3n) is 3.61. The maximum Gasteiger partial charge on any atom is 0.0717 e. The summed E-state index contributed by atoms with van der Waals surface area (Å²) in [5, 5.41) is 1.86. The standard InChI is InChI=1S/C15H17ClN2/c16-14-6-7-17-15-5-4-12(10-13(14)15)11-18-8-2-1-3-9-18/h4-7,10H,1-3,8-9,11H2. The van der Waals surface area contributed by atoms with Crippen molar-refractivity contribution < 1.29 is 0 Å². The Labute approximate surface area is 113 Å². The van der Waals surface area contributed by atoms with E-state index in [1.54, 1.807) is 6.20 Å². The largest absolute Gasteiger partial charge is 0.299 e. The van der Waals surface area contributed by atoms with E-state index >= 15 is 0 Å². The number of halogens is 1. The van der Waals surface area contributed by atoms with Crippen molar-refractivity contribution in [1.29, 1.82) is 0 Å². The van der Waals surface area contributed by atoms with Gasteiger partial charge < -0.3 is 0 Å². The van der Waals surface area contributed by atoms with Crippen molar-refractivity contribution in [2.45, 2.75) is 25.8 Å². The van der Waals surface area contributed by atoms with Crippen LogP contribution in [0.1, 0.15) is 24.8 Å². The van der Waals surface area contributed by atoms with Gasteiger partial charge in [-0.05, 0) is 49.7 Å². The Morgan fingerprint density at radius 2 is 1.94 bits per heavy atom. The van der Waals surface area contributed by atoms with Crippen LogP contribution in [0.2, 0.25) is 5.02 Å². The molecule has 1 aliphatic rings. The maximum absolute atomic E-state index is 6.22. The summed E-state index contributed by atoms with van der Waals surface area (Å²) >= 11 is 6.22. The molecule has 1 aromatic carbocycles. The topological polar surface area (TPSA) is 16.1 Å². The van der Waals surface area contributed by atoms with Gasteiger partial charge in [0, 0.05) is 18.1 Å². The number of piperidine rings is 1. The van der Waals surface area contributed by atoms with Crippen LogP contribution in [0, 0.1) is 0 Å². The predicted molar refractivity (Wildman–Crippen MR) is 75.9 cm³/mol. The van der Waals surface area contributed by atoms with Crippen molar-refractivity contribution >= 4 is 22.5 Å². The molecule has 2 nitrogen and oxygen atoms in total. The molecule has 0 unspecified atom stereocenters. The Bertz CT molecular complexity index is 547. The van der Waals surface area contributed by atoms with Gasteiger partial charge in [-0.3, -0.25) is 9.88 Å². The fraction of sp³-hybridized carbons (Fsp3) is 0.400. The molecule has 3 rings (SSSR count). The van der Waals surface area contributed by atoms with Crippen LogP contribution < -0.4 is 0 Å². The summed E-state index contributed by atoms with van der Waals surface area (Å²) in [4.78, 5) is 6.85. The molecule has 0 amide bonds. The number of hydrogen-bond donors (Lipinski definition) is 0. The molecular formula is C15H17ClN2. The number of benzene rings is 1. The van der Waals surface area contributed by atoms with Gasteiger partial charge in [-0.1, -0.05) is 24.1 Å². The molecule has 0 aliphatic carbocycles. The summed E-state index contributed by atoms with van der Waals surface area (Å²) in [5.74, 6) is 0. The highest BCUT2D eigenvalue weighted by atomic mass is 35.5. The molecule has 2 aromatic rings. The molecule has 1 saturated heterocycles. The van der Waals surface area contributed by atoms with E-state index in [1.807, 2.05) is 6.07 Å². The first-order chi connectivity index (χ1) is 8.83. The fourth-order valence-electron chi connectivity index (χ4n) is 2.63. The molecule has 0 radical (unpaired) electrons. The summed E-state index contributed by atoms with van der Waals surface area (Å²) in [6.07, 6.45) is 5.80. The van der Waals surface area contributed by atoms with Crippen LogP contribution >= 0.6 is 11.6 Å². The first-order valence-corrected chi connectivity index (χ1v) is 6.96. The predicted octanol–water partition coefficient (Wildman–Crippen LogP) is 3.87. The van der Waals surface area contributed by atoms with Crippen LogP contribution in [-0.2, 0) is 6.54 Å². The van der Waals surface area contributed by atoms with Gasteiger partial charge >= 0.3 is 0 Å². The molecular weight excluding hydrogens is 244 g/mol. The van der Waals surface area contributed by atoms with Gasteiger partial charge in [0.2, 0.25) is 0 Å². The first kappa shape index (κ1) is 11.9. The average molecular weight is 261 g/mol. The Morgan fingerprint density at radius 1 is 1.11 bits per heavy atom. The highest BCUT2D eigenvalue weighted by molar-refractivity contribution is 6.35. The lowest BCUT2D eigenvalue weighted by Gasteiger charge is -2.26. The molecule has 0 atom stereocenters.